The van der Waals surface area contributed by atoms with Gasteiger partial charge in [0.2, 0.25) is 0 Å². The standard InChI is InChI=1S/C22H19NO5/c1-14(22(25)23-16-7-9-20-21(12-16)27-11-10-26-20)28-19-8-6-15-4-2-3-5-17(15)18(19)13-24/h2-9,12-14H,10-11H2,1H3,(H,23,25)/t14-/m0/s1. The lowest BCUT2D eigenvalue weighted by Crippen LogP contribution is -2.30. The van der Waals surface area contributed by atoms with E-state index < -0.39 is 6.10 Å². The van der Waals surface area contributed by atoms with Gasteiger partial charge in [-0.1, -0.05) is 30.3 Å². The van der Waals surface area contributed by atoms with Crippen LogP contribution in [0.3, 0.4) is 0 Å². The van der Waals surface area contributed by atoms with Gasteiger partial charge < -0.3 is 19.5 Å². The maximum absolute atomic E-state index is 12.6. The summed E-state index contributed by atoms with van der Waals surface area (Å²) in [6, 6.07) is 16.3. The molecule has 28 heavy (non-hydrogen) atoms. The normalized spacial score (nSPS) is 13.6. The molecule has 0 radical (unpaired) electrons. The third-order valence-corrected chi connectivity index (χ3v) is 4.53. The van der Waals surface area contributed by atoms with Crippen molar-refractivity contribution in [2.24, 2.45) is 0 Å². The average molecular weight is 377 g/mol. The largest absolute Gasteiger partial charge is 0.486 e. The molecule has 0 spiro atoms. The molecule has 0 bridgehead atoms. The lowest BCUT2D eigenvalue weighted by atomic mass is 10.0. The molecule has 0 saturated heterocycles. The van der Waals surface area contributed by atoms with Crippen LogP contribution in [0.25, 0.3) is 10.8 Å². The summed E-state index contributed by atoms with van der Waals surface area (Å²) in [6.07, 6.45) is -0.0450. The zero-order chi connectivity index (χ0) is 19.5. The van der Waals surface area contributed by atoms with Gasteiger partial charge in [-0.05, 0) is 35.9 Å². The van der Waals surface area contributed by atoms with Gasteiger partial charge in [0.1, 0.15) is 19.0 Å². The highest BCUT2D eigenvalue weighted by Crippen LogP contribution is 2.33. The van der Waals surface area contributed by atoms with Crippen molar-refractivity contribution in [3.63, 3.8) is 0 Å². The van der Waals surface area contributed by atoms with Crippen molar-refractivity contribution < 1.29 is 23.8 Å². The zero-order valence-electron chi connectivity index (χ0n) is 15.3. The van der Waals surface area contributed by atoms with Crippen molar-refractivity contribution in [3.8, 4) is 17.2 Å². The SMILES string of the molecule is C[C@H](Oc1ccc2ccccc2c1C=O)C(=O)Nc1ccc2c(c1)OCCO2. The summed E-state index contributed by atoms with van der Waals surface area (Å²) in [6.45, 7) is 2.62. The van der Waals surface area contributed by atoms with Gasteiger partial charge in [0.15, 0.2) is 23.9 Å². The molecule has 1 heterocycles. The van der Waals surface area contributed by atoms with Gasteiger partial charge in [-0.15, -0.1) is 0 Å². The molecule has 3 aromatic carbocycles. The number of rotatable bonds is 5. The third kappa shape index (κ3) is 3.49. The Morgan fingerprint density at radius 2 is 1.86 bits per heavy atom. The molecule has 1 N–H and O–H groups in total. The predicted octanol–water partition coefficient (Wildman–Crippen LogP) is 3.83. The number of hydrogen-bond acceptors (Lipinski definition) is 5. The van der Waals surface area contributed by atoms with Crippen LogP contribution in [0.1, 0.15) is 17.3 Å². The second-order valence-corrected chi connectivity index (χ2v) is 6.42. The van der Waals surface area contributed by atoms with Crippen LogP contribution in [-0.4, -0.2) is 31.5 Å². The molecule has 0 saturated carbocycles. The number of anilines is 1. The Labute approximate surface area is 162 Å². The van der Waals surface area contributed by atoms with Crippen molar-refractivity contribution >= 4 is 28.7 Å². The van der Waals surface area contributed by atoms with Crippen molar-refractivity contribution in [3.05, 3.63) is 60.2 Å². The molecule has 1 amide bonds. The van der Waals surface area contributed by atoms with Gasteiger partial charge in [-0.3, -0.25) is 9.59 Å². The minimum absolute atomic E-state index is 0.332. The summed E-state index contributed by atoms with van der Waals surface area (Å²) < 4.78 is 16.8. The van der Waals surface area contributed by atoms with Crippen LogP contribution in [0.2, 0.25) is 0 Å². The first kappa shape index (κ1) is 17.9. The van der Waals surface area contributed by atoms with Crippen LogP contribution in [0, 0.1) is 0 Å². The molecule has 6 nitrogen and oxygen atoms in total. The molecule has 1 aliphatic rings. The van der Waals surface area contributed by atoms with Gasteiger partial charge in [0.25, 0.3) is 5.91 Å². The van der Waals surface area contributed by atoms with E-state index in [1.807, 2.05) is 30.3 Å². The van der Waals surface area contributed by atoms with Crippen molar-refractivity contribution in [2.75, 3.05) is 18.5 Å². The molecule has 4 rings (SSSR count). The molecule has 0 fully saturated rings. The molecule has 0 unspecified atom stereocenters. The Kier molecular flexibility index (Phi) is 4.85. The average Bonchev–Trinajstić information content (AvgIpc) is 2.73. The van der Waals surface area contributed by atoms with E-state index in [1.165, 1.54) is 0 Å². The van der Waals surface area contributed by atoms with Crippen molar-refractivity contribution in [2.45, 2.75) is 13.0 Å². The Morgan fingerprint density at radius 3 is 2.68 bits per heavy atom. The third-order valence-electron chi connectivity index (χ3n) is 4.53. The fourth-order valence-electron chi connectivity index (χ4n) is 3.11. The Hall–Kier alpha value is -3.54. The highest BCUT2D eigenvalue weighted by Gasteiger charge is 2.19. The molecule has 0 aromatic heterocycles. The number of hydrogen-bond donors (Lipinski definition) is 1. The molecule has 3 aromatic rings. The number of benzene rings is 3. The first-order valence-electron chi connectivity index (χ1n) is 9.00. The van der Waals surface area contributed by atoms with E-state index in [2.05, 4.69) is 5.32 Å². The van der Waals surface area contributed by atoms with Gasteiger partial charge >= 0.3 is 0 Å². The summed E-state index contributed by atoms with van der Waals surface area (Å²) >= 11 is 0. The predicted molar refractivity (Wildman–Crippen MR) is 105 cm³/mol. The number of nitrogens with one attached hydrogen (secondary N) is 1. The lowest BCUT2D eigenvalue weighted by Gasteiger charge is -2.20. The number of carbonyl (C=O) groups excluding carboxylic acids is 2. The van der Waals surface area contributed by atoms with E-state index in [9.17, 15) is 9.59 Å². The second kappa shape index (κ2) is 7.60. The van der Waals surface area contributed by atoms with Crippen molar-refractivity contribution in [1.29, 1.82) is 0 Å². The lowest BCUT2D eigenvalue weighted by molar-refractivity contribution is -0.122. The van der Waals surface area contributed by atoms with Crippen LogP contribution in [0.4, 0.5) is 5.69 Å². The molecule has 0 aliphatic carbocycles. The minimum Gasteiger partial charge on any atom is -0.486 e. The van der Waals surface area contributed by atoms with E-state index in [0.29, 0.717) is 41.7 Å². The quantitative estimate of drug-likeness (QED) is 0.684. The molecule has 142 valence electrons. The Morgan fingerprint density at radius 1 is 1.07 bits per heavy atom. The number of ether oxygens (including phenoxy) is 3. The van der Waals surface area contributed by atoms with Crippen LogP contribution in [0.15, 0.2) is 54.6 Å². The van der Waals surface area contributed by atoms with Gasteiger partial charge in [0, 0.05) is 11.8 Å². The number of aldehydes is 1. The highest BCUT2D eigenvalue weighted by atomic mass is 16.6. The smallest absolute Gasteiger partial charge is 0.265 e. The molecular weight excluding hydrogens is 358 g/mol. The van der Waals surface area contributed by atoms with E-state index in [-0.39, 0.29) is 5.91 Å². The summed E-state index contributed by atoms with van der Waals surface area (Å²) in [4.78, 5) is 24.2. The van der Waals surface area contributed by atoms with Crippen LogP contribution in [0.5, 0.6) is 17.2 Å². The first-order chi connectivity index (χ1) is 13.7. The number of amides is 1. The maximum atomic E-state index is 12.6. The first-order valence-corrected chi connectivity index (χ1v) is 9.00. The fourth-order valence-corrected chi connectivity index (χ4v) is 3.11. The topological polar surface area (TPSA) is 73.9 Å². The van der Waals surface area contributed by atoms with E-state index >= 15 is 0 Å². The van der Waals surface area contributed by atoms with Crippen molar-refractivity contribution in [1.82, 2.24) is 0 Å². The summed E-state index contributed by atoms with van der Waals surface area (Å²) in [5.74, 6) is 1.29. The summed E-state index contributed by atoms with van der Waals surface area (Å²) in [5.41, 5.74) is 1.01. The summed E-state index contributed by atoms with van der Waals surface area (Å²) in [5, 5.41) is 4.52. The maximum Gasteiger partial charge on any atom is 0.265 e. The minimum atomic E-state index is -0.798. The second-order valence-electron chi connectivity index (χ2n) is 6.42. The van der Waals surface area contributed by atoms with Crippen LogP contribution in [-0.2, 0) is 4.79 Å². The molecular formula is C22H19NO5. The zero-order valence-corrected chi connectivity index (χ0v) is 15.3. The molecule has 1 atom stereocenters. The van der Waals surface area contributed by atoms with Gasteiger partial charge in [-0.25, -0.2) is 0 Å². The number of fused-ring (bicyclic) bond motifs is 2. The Bertz CT molecular complexity index is 1050. The Balaban J connectivity index is 1.50. The molecule has 1 aliphatic heterocycles. The molecule has 6 heteroatoms. The van der Waals surface area contributed by atoms with Crippen LogP contribution >= 0.6 is 0 Å². The summed E-state index contributed by atoms with van der Waals surface area (Å²) in [7, 11) is 0. The van der Waals surface area contributed by atoms with E-state index in [0.717, 1.165) is 17.1 Å². The van der Waals surface area contributed by atoms with E-state index in [1.54, 1.807) is 31.2 Å². The van der Waals surface area contributed by atoms with Gasteiger partial charge in [0.05, 0.1) is 5.56 Å². The monoisotopic (exact) mass is 377 g/mol. The fraction of sp³-hybridized carbons (Fsp3) is 0.182. The van der Waals surface area contributed by atoms with Crippen LogP contribution < -0.4 is 19.5 Å². The van der Waals surface area contributed by atoms with Gasteiger partial charge in [-0.2, -0.15) is 0 Å². The highest BCUT2D eigenvalue weighted by molar-refractivity contribution is 6.01. The van der Waals surface area contributed by atoms with E-state index in [4.69, 9.17) is 14.2 Å². The number of carbonyl (C=O) groups is 2.